The van der Waals surface area contributed by atoms with Gasteiger partial charge in [-0.2, -0.15) is 0 Å². The molecule has 0 bridgehead atoms. The zero-order valence-corrected chi connectivity index (χ0v) is 7.59. The summed E-state index contributed by atoms with van der Waals surface area (Å²) in [5.41, 5.74) is 0. The molecule has 0 spiro atoms. The lowest BCUT2D eigenvalue weighted by Gasteiger charge is -2.06. The number of carbonyl (C=O) groups is 2. The first-order chi connectivity index (χ1) is 5.61. The fourth-order valence-electron chi connectivity index (χ4n) is 0.648. The quantitative estimate of drug-likeness (QED) is 0.621. The summed E-state index contributed by atoms with van der Waals surface area (Å²) in [6, 6.07) is 0. The van der Waals surface area contributed by atoms with E-state index >= 15 is 0 Å². The van der Waals surface area contributed by atoms with Crippen LogP contribution in [0.1, 0.15) is 20.3 Å². The summed E-state index contributed by atoms with van der Waals surface area (Å²) in [7, 11) is 0. The van der Waals surface area contributed by atoms with E-state index in [0.29, 0.717) is 0 Å². The number of hydrogen-bond donors (Lipinski definition) is 1. The van der Waals surface area contributed by atoms with Crippen LogP contribution in [0.2, 0.25) is 0 Å². The van der Waals surface area contributed by atoms with Gasteiger partial charge in [-0.1, -0.05) is 20.4 Å². The summed E-state index contributed by atoms with van der Waals surface area (Å²) in [6.07, 6.45) is 1.96. The predicted molar refractivity (Wildman–Crippen MR) is 47.7 cm³/mol. The number of rotatable bonds is 5. The average molecular weight is 169 g/mol. The maximum Gasteiger partial charge on any atom is 0.243 e. The van der Waals surface area contributed by atoms with Gasteiger partial charge in [0, 0.05) is 5.92 Å². The summed E-state index contributed by atoms with van der Waals surface area (Å²) in [6.45, 7) is 7.18. The summed E-state index contributed by atoms with van der Waals surface area (Å²) < 4.78 is 0. The fourth-order valence-corrected chi connectivity index (χ4v) is 0.648. The monoisotopic (exact) mass is 169 g/mol. The van der Waals surface area contributed by atoms with Crippen molar-refractivity contribution in [2.45, 2.75) is 20.3 Å². The van der Waals surface area contributed by atoms with E-state index in [1.165, 1.54) is 0 Å². The van der Waals surface area contributed by atoms with Gasteiger partial charge in [0.25, 0.3) is 0 Å². The number of nitrogens with one attached hydrogen (secondary N) is 1. The lowest BCUT2D eigenvalue weighted by Crippen LogP contribution is -2.30. The Morgan fingerprint density at radius 3 is 2.58 bits per heavy atom. The van der Waals surface area contributed by atoms with Gasteiger partial charge in [0.2, 0.25) is 5.91 Å². The first kappa shape index (κ1) is 10.9. The Morgan fingerprint density at radius 1 is 1.58 bits per heavy atom. The van der Waals surface area contributed by atoms with E-state index in [4.69, 9.17) is 0 Å². The van der Waals surface area contributed by atoms with Crippen molar-refractivity contribution in [2.75, 3.05) is 6.54 Å². The molecule has 1 unspecified atom stereocenters. The van der Waals surface area contributed by atoms with Gasteiger partial charge < -0.3 is 5.32 Å². The predicted octanol–water partition coefficient (Wildman–Crippen LogP) is 0.904. The topological polar surface area (TPSA) is 46.2 Å². The largest absolute Gasteiger partial charge is 0.345 e. The van der Waals surface area contributed by atoms with Gasteiger partial charge in [0.1, 0.15) is 0 Å². The lowest BCUT2D eigenvalue weighted by molar-refractivity contribution is -0.124. The molecule has 0 aliphatic carbocycles. The molecule has 0 aliphatic rings. The molecule has 1 amide bonds. The zero-order chi connectivity index (χ0) is 9.56. The Hall–Kier alpha value is -1.12. The van der Waals surface area contributed by atoms with Crippen LogP contribution in [-0.2, 0) is 9.59 Å². The number of ketones is 1. The highest BCUT2D eigenvalue weighted by Gasteiger charge is 2.10. The molecule has 0 heterocycles. The van der Waals surface area contributed by atoms with E-state index in [1.807, 2.05) is 13.8 Å². The van der Waals surface area contributed by atoms with Gasteiger partial charge in [-0.25, -0.2) is 0 Å². The molecule has 0 aliphatic heterocycles. The molecule has 0 saturated heterocycles. The van der Waals surface area contributed by atoms with Gasteiger partial charge >= 0.3 is 0 Å². The van der Waals surface area contributed by atoms with Gasteiger partial charge in [-0.15, -0.1) is 0 Å². The second kappa shape index (κ2) is 5.52. The Bertz CT molecular complexity index is 187. The zero-order valence-electron chi connectivity index (χ0n) is 7.59. The maximum atomic E-state index is 11.1. The van der Waals surface area contributed by atoms with E-state index in [-0.39, 0.29) is 24.2 Å². The van der Waals surface area contributed by atoms with Crippen molar-refractivity contribution < 1.29 is 9.59 Å². The van der Waals surface area contributed by atoms with Crippen LogP contribution in [0.3, 0.4) is 0 Å². The normalized spacial score (nSPS) is 11.8. The SMILES string of the molecule is C=CC(=O)NCC(=O)C(C)CC. The van der Waals surface area contributed by atoms with Crippen LogP contribution in [0.25, 0.3) is 0 Å². The van der Waals surface area contributed by atoms with E-state index in [2.05, 4.69) is 11.9 Å². The molecule has 12 heavy (non-hydrogen) atoms. The fraction of sp³-hybridized carbons (Fsp3) is 0.556. The molecular formula is C9H15NO2. The smallest absolute Gasteiger partial charge is 0.243 e. The van der Waals surface area contributed by atoms with Crippen molar-refractivity contribution in [3.63, 3.8) is 0 Å². The van der Waals surface area contributed by atoms with Gasteiger partial charge in [-0.3, -0.25) is 9.59 Å². The van der Waals surface area contributed by atoms with Crippen molar-refractivity contribution in [2.24, 2.45) is 5.92 Å². The molecule has 1 atom stereocenters. The minimum Gasteiger partial charge on any atom is -0.345 e. The molecule has 0 aromatic heterocycles. The van der Waals surface area contributed by atoms with Gasteiger partial charge in [0.15, 0.2) is 5.78 Å². The van der Waals surface area contributed by atoms with Crippen LogP contribution in [0.15, 0.2) is 12.7 Å². The summed E-state index contributed by atoms with van der Waals surface area (Å²) in [4.78, 5) is 21.8. The van der Waals surface area contributed by atoms with Crippen LogP contribution in [0.4, 0.5) is 0 Å². The van der Waals surface area contributed by atoms with Crippen LogP contribution in [0, 0.1) is 5.92 Å². The molecule has 0 radical (unpaired) electrons. The number of hydrogen-bond acceptors (Lipinski definition) is 2. The summed E-state index contributed by atoms with van der Waals surface area (Å²) in [5, 5.41) is 2.44. The number of Topliss-reactive ketones (excluding diaryl/α,β-unsaturated/α-hetero) is 1. The second-order valence-electron chi connectivity index (χ2n) is 2.70. The van der Waals surface area contributed by atoms with Crippen molar-refractivity contribution in [3.8, 4) is 0 Å². The third-order valence-electron chi connectivity index (χ3n) is 1.78. The number of carbonyl (C=O) groups excluding carboxylic acids is 2. The van der Waals surface area contributed by atoms with Crippen molar-refractivity contribution >= 4 is 11.7 Å². The van der Waals surface area contributed by atoms with E-state index < -0.39 is 0 Å². The molecule has 3 heteroatoms. The van der Waals surface area contributed by atoms with Gasteiger partial charge in [0.05, 0.1) is 6.54 Å². The minimum atomic E-state index is -0.299. The van der Waals surface area contributed by atoms with Crippen LogP contribution >= 0.6 is 0 Å². The first-order valence-corrected chi connectivity index (χ1v) is 4.04. The van der Waals surface area contributed by atoms with E-state index in [1.54, 1.807) is 0 Å². The van der Waals surface area contributed by atoms with Crippen LogP contribution < -0.4 is 5.32 Å². The molecule has 0 rings (SSSR count). The average Bonchev–Trinajstić information content (AvgIpc) is 2.11. The highest BCUT2D eigenvalue weighted by Crippen LogP contribution is 2.00. The van der Waals surface area contributed by atoms with Crippen molar-refractivity contribution in [1.29, 1.82) is 0 Å². The van der Waals surface area contributed by atoms with E-state index in [0.717, 1.165) is 12.5 Å². The molecule has 3 nitrogen and oxygen atoms in total. The Morgan fingerprint density at radius 2 is 2.17 bits per heavy atom. The van der Waals surface area contributed by atoms with Gasteiger partial charge in [-0.05, 0) is 12.5 Å². The van der Waals surface area contributed by atoms with Crippen LogP contribution in [-0.4, -0.2) is 18.2 Å². The summed E-state index contributed by atoms with van der Waals surface area (Å²) >= 11 is 0. The molecule has 0 aromatic carbocycles. The third-order valence-corrected chi connectivity index (χ3v) is 1.78. The van der Waals surface area contributed by atoms with Crippen molar-refractivity contribution in [3.05, 3.63) is 12.7 Å². The second-order valence-corrected chi connectivity index (χ2v) is 2.70. The Labute approximate surface area is 72.8 Å². The highest BCUT2D eigenvalue weighted by atomic mass is 16.2. The molecule has 0 aromatic rings. The lowest BCUT2D eigenvalue weighted by atomic mass is 10.0. The van der Waals surface area contributed by atoms with Crippen molar-refractivity contribution in [1.82, 2.24) is 5.32 Å². The Balaban J connectivity index is 3.71. The Kier molecular flexibility index (Phi) is 5.00. The standard InChI is InChI=1S/C9H15NO2/c1-4-7(3)8(11)6-10-9(12)5-2/h5,7H,2,4,6H2,1,3H3,(H,10,12). The number of amides is 1. The highest BCUT2D eigenvalue weighted by molar-refractivity contribution is 5.91. The first-order valence-electron chi connectivity index (χ1n) is 4.04. The third kappa shape index (κ3) is 3.91. The molecular weight excluding hydrogens is 154 g/mol. The molecule has 1 N–H and O–H groups in total. The molecule has 68 valence electrons. The minimum absolute atomic E-state index is 0.0233. The van der Waals surface area contributed by atoms with E-state index in [9.17, 15) is 9.59 Å². The maximum absolute atomic E-state index is 11.1. The molecule has 0 saturated carbocycles. The molecule has 0 fully saturated rings. The summed E-state index contributed by atoms with van der Waals surface area (Å²) in [5.74, 6) is -0.213. The van der Waals surface area contributed by atoms with Crippen LogP contribution in [0.5, 0.6) is 0 Å².